The number of ether oxygens (including phenoxy) is 2. The van der Waals surface area contributed by atoms with Crippen LogP contribution in [0.2, 0.25) is 0 Å². The van der Waals surface area contributed by atoms with Crippen molar-refractivity contribution in [3.8, 4) is 5.75 Å². The number of nitrogens with zero attached hydrogens (tertiary/aromatic N) is 1. The minimum atomic E-state index is -1.23. The highest BCUT2D eigenvalue weighted by Crippen LogP contribution is 2.43. The molecule has 8 heteroatoms. The summed E-state index contributed by atoms with van der Waals surface area (Å²) in [5.41, 5.74) is 0.564. The third kappa shape index (κ3) is 4.38. The minimum Gasteiger partial charge on any atom is -0.507 e. The van der Waals surface area contributed by atoms with Crippen LogP contribution in [0, 0.1) is 5.82 Å². The number of esters is 1. The van der Waals surface area contributed by atoms with Crippen LogP contribution in [-0.2, 0) is 14.3 Å². The molecule has 1 aliphatic rings. The fourth-order valence-corrected chi connectivity index (χ4v) is 3.97. The molecule has 1 fully saturated rings. The van der Waals surface area contributed by atoms with E-state index >= 15 is 0 Å². The summed E-state index contributed by atoms with van der Waals surface area (Å²) in [6, 6.07) is 16.6. The highest BCUT2D eigenvalue weighted by atomic mass is 19.1. The molecule has 0 saturated carbocycles. The van der Waals surface area contributed by atoms with Gasteiger partial charge in [-0.15, -0.1) is 0 Å². The molecule has 1 amide bonds. The maximum Gasteiger partial charge on any atom is 0.338 e. The Morgan fingerprint density at radius 1 is 0.971 bits per heavy atom. The number of carbonyl (C=O) groups is 3. The molecule has 7 nitrogen and oxygen atoms in total. The first-order valence-electron chi connectivity index (χ1n) is 10.8. The zero-order chi connectivity index (χ0) is 25.1. The van der Waals surface area contributed by atoms with Crippen molar-refractivity contribution in [2.75, 3.05) is 18.6 Å². The molecular formula is C27H22FNO6. The Morgan fingerprint density at radius 3 is 2.20 bits per heavy atom. The zero-order valence-electron chi connectivity index (χ0n) is 19.0. The average molecular weight is 475 g/mol. The SMILES string of the molecule is CCOC(=O)c1ccc(N2C(=O)C(=O)C(=C(O)c3ccc(OC)cc3)C2c2ccccc2F)cc1. The lowest BCUT2D eigenvalue weighted by molar-refractivity contribution is -0.132. The van der Waals surface area contributed by atoms with E-state index in [9.17, 15) is 23.9 Å². The van der Waals surface area contributed by atoms with Crippen LogP contribution in [-0.4, -0.2) is 36.5 Å². The molecule has 0 radical (unpaired) electrons. The standard InChI is InChI=1S/C27H22FNO6/c1-3-35-27(33)17-8-12-18(13-9-17)29-23(20-6-4-5-7-21(20)28)22(25(31)26(29)32)24(30)16-10-14-19(34-2)15-11-16/h4-15,23,30H,3H2,1-2H3. The molecule has 178 valence electrons. The predicted octanol–water partition coefficient (Wildman–Crippen LogP) is 4.64. The number of anilines is 1. The Labute approximate surface area is 201 Å². The van der Waals surface area contributed by atoms with Crippen LogP contribution in [0.3, 0.4) is 0 Å². The van der Waals surface area contributed by atoms with Gasteiger partial charge in [-0.1, -0.05) is 18.2 Å². The molecule has 1 unspecified atom stereocenters. The number of aliphatic hydroxyl groups excluding tert-OH is 1. The van der Waals surface area contributed by atoms with E-state index in [4.69, 9.17) is 9.47 Å². The first-order valence-corrected chi connectivity index (χ1v) is 10.8. The normalized spacial score (nSPS) is 16.9. The van der Waals surface area contributed by atoms with Gasteiger partial charge in [-0.05, 0) is 61.5 Å². The van der Waals surface area contributed by atoms with Crippen LogP contribution >= 0.6 is 0 Å². The number of halogens is 1. The van der Waals surface area contributed by atoms with Crippen molar-refractivity contribution in [1.29, 1.82) is 0 Å². The molecule has 0 bridgehead atoms. The van der Waals surface area contributed by atoms with Gasteiger partial charge in [0.1, 0.15) is 17.3 Å². The van der Waals surface area contributed by atoms with Crippen molar-refractivity contribution in [2.24, 2.45) is 0 Å². The first kappa shape index (κ1) is 23.7. The number of aliphatic hydroxyl groups is 1. The highest BCUT2D eigenvalue weighted by molar-refractivity contribution is 6.51. The van der Waals surface area contributed by atoms with Crippen molar-refractivity contribution in [1.82, 2.24) is 0 Å². The lowest BCUT2D eigenvalue weighted by Crippen LogP contribution is -2.29. The van der Waals surface area contributed by atoms with E-state index in [1.54, 1.807) is 25.1 Å². The van der Waals surface area contributed by atoms with Crippen molar-refractivity contribution >= 4 is 29.1 Å². The number of methoxy groups -OCH3 is 1. The van der Waals surface area contributed by atoms with E-state index in [1.165, 1.54) is 61.7 Å². The van der Waals surface area contributed by atoms with Crippen molar-refractivity contribution < 1.29 is 33.4 Å². The largest absolute Gasteiger partial charge is 0.507 e. The second kappa shape index (κ2) is 9.80. The molecule has 4 rings (SSSR count). The van der Waals surface area contributed by atoms with E-state index in [2.05, 4.69) is 0 Å². The van der Waals surface area contributed by atoms with Crippen LogP contribution in [0.5, 0.6) is 5.75 Å². The molecule has 1 heterocycles. The monoisotopic (exact) mass is 475 g/mol. The number of hydrogen-bond donors (Lipinski definition) is 1. The van der Waals surface area contributed by atoms with Gasteiger partial charge in [-0.25, -0.2) is 9.18 Å². The lowest BCUT2D eigenvalue weighted by atomic mass is 9.94. The summed E-state index contributed by atoms with van der Waals surface area (Å²) in [5, 5.41) is 11.1. The third-order valence-corrected chi connectivity index (χ3v) is 5.66. The molecule has 35 heavy (non-hydrogen) atoms. The van der Waals surface area contributed by atoms with E-state index in [-0.39, 0.29) is 34.6 Å². The summed E-state index contributed by atoms with van der Waals surface area (Å²) in [6.07, 6.45) is 0. The number of carbonyl (C=O) groups excluding carboxylic acids is 3. The molecule has 0 aliphatic carbocycles. The summed E-state index contributed by atoms with van der Waals surface area (Å²) in [7, 11) is 1.49. The molecule has 1 saturated heterocycles. The van der Waals surface area contributed by atoms with Crippen LogP contribution in [0.1, 0.15) is 34.5 Å². The van der Waals surface area contributed by atoms with E-state index in [0.29, 0.717) is 5.75 Å². The van der Waals surface area contributed by atoms with E-state index < -0.39 is 35.3 Å². The number of hydrogen-bond acceptors (Lipinski definition) is 6. The summed E-state index contributed by atoms with van der Waals surface area (Å²) in [4.78, 5) is 39.4. The van der Waals surface area contributed by atoms with Crippen LogP contribution in [0.25, 0.3) is 5.76 Å². The Balaban J connectivity index is 1.86. The second-order valence-electron chi connectivity index (χ2n) is 7.69. The minimum absolute atomic E-state index is 0.0382. The Bertz CT molecular complexity index is 1310. The topological polar surface area (TPSA) is 93.1 Å². The van der Waals surface area contributed by atoms with Crippen LogP contribution < -0.4 is 9.64 Å². The van der Waals surface area contributed by atoms with E-state index in [1.807, 2.05) is 0 Å². The number of amides is 1. The van der Waals surface area contributed by atoms with Gasteiger partial charge in [0.2, 0.25) is 0 Å². The predicted molar refractivity (Wildman–Crippen MR) is 127 cm³/mol. The molecule has 1 atom stereocenters. The molecule has 3 aromatic rings. The van der Waals surface area contributed by atoms with Gasteiger partial charge in [-0.2, -0.15) is 0 Å². The fourth-order valence-electron chi connectivity index (χ4n) is 3.97. The van der Waals surface area contributed by atoms with Gasteiger partial charge >= 0.3 is 5.97 Å². The number of benzene rings is 3. The van der Waals surface area contributed by atoms with Crippen LogP contribution in [0.15, 0.2) is 78.4 Å². The smallest absolute Gasteiger partial charge is 0.338 e. The van der Waals surface area contributed by atoms with Gasteiger partial charge < -0.3 is 14.6 Å². The fraction of sp³-hybridized carbons (Fsp3) is 0.148. The highest BCUT2D eigenvalue weighted by Gasteiger charge is 2.47. The third-order valence-electron chi connectivity index (χ3n) is 5.66. The number of Topliss-reactive ketones (excluding diaryl/α,β-unsaturated/α-hetero) is 1. The van der Waals surface area contributed by atoms with Crippen molar-refractivity contribution in [3.05, 3.63) is 101 Å². The summed E-state index contributed by atoms with van der Waals surface area (Å²) in [5.74, 6) is -2.98. The van der Waals surface area contributed by atoms with Gasteiger partial charge in [-0.3, -0.25) is 14.5 Å². The Kier molecular flexibility index (Phi) is 6.64. The Morgan fingerprint density at radius 2 is 1.60 bits per heavy atom. The molecule has 1 N–H and O–H groups in total. The van der Waals surface area contributed by atoms with Crippen molar-refractivity contribution in [2.45, 2.75) is 13.0 Å². The lowest BCUT2D eigenvalue weighted by Gasteiger charge is -2.26. The zero-order valence-corrected chi connectivity index (χ0v) is 19.0. The van der Waals surface area contributed by atoms with Gasteiger partial charge in [0.15, 0.2) is 0 Å². The quantitative estimate of drug-likeness (QED) is 0.242. The molecular weight excluding hydrogens is 453 g/mol. The molecule has 0 aromatic heterocycles. The second-order valence-corrected chi connectivity index (χ2v) is 7.69. The van der Waals surface area contributed by atoms with E-state index in [0.717, 1.165) is 4.90 Å². The Hall–Kier alpha value is -4.46. The maximum atomic E-state index is 14.9. The summed E-state index contributed by atoms with van der Waals surface area (Å²) < 4.78 is 25.1. The maximum absolute atomic E-state index is 14.9. The number of rotatable bonds is 6. The molecule has 1 aliphatic heterocycles. The van der Waals surface area contributed by atoms with Crippen molar-refractivity contribution in [3.63, 3.8) is 0 Å². The van der Waals surface area contributed by atoms with Gasteiger partial charge in [0, 0.05) is 16.8 Å². The molecule has 0 spiro atoms. The number of ketones is 1. The summed E-state index contributed by atoms with van der Waals surface area (Å²) in [6.45, 7) is 1.89. The van der Waals surface area contributed by atoms with Gasteiger partial charge in [0.05, 0.1) is 30.9 Å². The van der Waals surface area contributed by atoms with Crippen LogP contribution in [0.4, 0.5) is 10.1 Å². The van der Waals surface area contributed by atoms with Gasteiger partial charge in [0.25, 0.3) is 11.7 Å². The average Bonchev–Trinajstić information content (AvgIpc) is 3.14. The summed E-state index contributed by atoms with van der Waals surface area (Å²) >= 11 is 0. The first-order chi connectivity index (χ1) is 16.9. The molecule has 3 aromatic carbocycles.